The number of hydrogen-bond donors (Lipinski definition) is 0. The van der Waals surface area contributed by atoms with Crippen molar-refractivity contribution < 1.29 is 9.53 Å². The Kier molecular flexibility index (Phi) is 4.55. The predicted octanol–water partition coefficient (Wildman–Crippen LogP) is 1.58. The first-order valence-corrected chi connectivity index (χ1v) is 8.98. The van der Waals surface area contributed by atoms with E-state index in [9.17, 15) is 4.79 Å². The molecular formula is C19H23N5O2. The number of morpholine rings is 1. The van der Waals surface area contributed by atoms with E-state index in [0.717, 1.165) is 43.0 Å². The van der Waals surface area contributed by atoms with Gasteiger partial charge in [-0.25, -0.2) is 9.97 Å². The van der Waals surface area contributed by atoms with Gasteiger partial charge in [0.2, 0.25) is 11.9 Å². The van der Waals surface area contributed by atoms with E-state index in [1.807, 2.05) is 42.5 Å². The average Bonchev–Trinajstić information content (AvgIpc) is 2.67. The first-order chi connectivity index (χ1) is 12.6. The minimum atomic E-state index is -0.267. The average molecular weight is 353 g/mol. The molecule has 2 aliphatic rings. The number of pyridine rings is 1. The predicted molar refractivity (Wildman–Crippen MR) is 96.6 cm³/mol. The van der Waals surface area contributed by atoms with Crippen LogP contribution in [0.3, 0.4) is 0 Å². The molecule has 2 fully saturated rings. The van der Waals surface area contributed by atoms with Crippen LogP contribution in [-0.4, -0.2) is 57.6 Å². The largest absolute Gasteiger partial charge is 0.363 e. The van der Waals surface area contributed by atoms with Gasteiger partial charge >= 0.3 is 0 Å². The molecule has 0 aromatic carbocycles. The van der Waals surface area contributed by atoms with Gasteiger partial charge in [-0.05, 0) is 37.0 Å². The number of carbonyl (C=O) groups excluding carboxylic acids is 1. The van der Waals surface area contributed by atoms with E-state index in [1.165, 1.54) is 0 Å². The highest BCUT2D eigenvalue weighted by Crippen LogP contribution is 2.32. The minimum Gasteiger partial charge on any atom is -0.363 e. The standard InChI is InChI=1S/C19H23N5O2/c1-15-9-21-18(22-10-15)23-7-4-19(5-8-23)14-24(17(25)13-26-19)12-16-3-2-6-20-11-16/h2-3,6,9-11H,4-5,7-8,12-14H2,1H3. The quantitative estimate of drug-likeness (QED) is 0.834. The van der Waals surface area contributed by atoms with Gasteiger partial charge in [-0.2, -0.15) is 0 Å². The van der Waals surface area contributed by atoms with Crippen molar-refractivity contribution in [3.8, 4) is 0 Å². The molecule has 0 atom stereocenters. The Morgan fingerprint density at radius 3 is 2.65 bits per heavy atom. The van der Waals surface area contributed by atoms with Crippen molar-refractivity contribution in [3.63, 3.8) is 0 Å². The van der Waals surface area contributed by atoms with Gasteiger partial charge in [0.1, 0.15) is 6.61 Å². The molecule has 0 aliphatic carbocycles. The summed E-state index contributed by atoms with van der Waals surface area (Å²) in [5.41, 5.74) is 1.84. The zero-order valence-electron chi connectivity index (χ0n) is 15.0. The number of piperidine rings is 1. The molecule has 2 aromatic heterocycles. The van der Waals surface area contributed by atoms with Gasteiger partial charge in [-0.15, -0.1) is 0 Å². The molecule has 136 valence electrons. The molecule has 2 saturated heterocycles. The van der Waals surface area contributed by atoms with Crippen LogP contribution in [0.1, 0.15) is 24.0 Å². The molecule has 4 rings (SSSR count). The van der Waals surface area contributed by atoms with E-state index in [-0.39, 0.29) is 18.1 Å². The summed E-state index contributed by atoms with van der Waals surface area (Å²) in [4.78, 5) is 29.4. The highest BCUT2D eigenvalue weighted by molar-refractivity contribution is 5.78. The lowest BCUT2D eigenvalue weighted by molar-refractivity contribution is -0.168. The molecule has 0 N–H and O–H groups in total. The molecule has 2 aliphatic heterocycles. The van der Waals surface area contributed by atoms with E-state index in [4.69, 9.17) is 4.74 Å². The van der Waals surface area contributed by atoms with E-state index < -0.39 is 0 Å². The summed E-state index contributed by atoms with van der Waals surface area (Å²) in [6.07, 6.45) is 8.97. The fourth-order valence-electron chi connectivity index (χ4n) is 3.61. The number of carbonyl (C=O) groups is 1. The smallest absolute Gasteiger partial charge is 0.248 e. The summed E-state index contributed by atoms with van der Waals surface area (Å²) in [6.45, 7) is 5.02. The molecule has 4 heterocycles. The van der Waals surface area contributed by atoms with Crippen LogP contribution in [0.15, 0.2) is 36.9 Å². The van der Waals surface area contributed by atoms with Crippen LogP contribution in [0.4, 0.5) is 5.95 Å². The van der Waals surface area contributed by atoms with Crippen molar-refractivity contribution in [1.82, 2.24) is 19.9 Å². The molecule has 7 heteroatoms. The van der Waals surface area contributed by atoms with Crippen molar-refractivity contribution >= 4 is 11.9 Å². The zero-order chi connectivity index (χ0) is 18.0. The SMILES string of the molecule is Cc1cnc(N2CCC3(CC2)CN(Cc2cccnc2)C(=O)CO3)nc1. The Morgan fingerprint density at radius 1 is 1.19 bits per heavy atom. The van der Waals surface area contributed by atoms with Gasteiger partial charge in [0.05, 0.1) is 12.1 Å². The molecule has 0 unspecified atom stereocenters. The molecule has 0 bridgehead atoms. The van der Waals surface area contributed by atoms with Gasteiger partial charge in [0.25, 0.3) is 0 Å². The second kappa shape index (κ2) is 6.99. The van der Waals surface area contributed by atoms with Crippen LogP contribution >= 0.6 is 0 Å². The van der Waals surface area contributed by atoms with Crippen molar-refractivity contribution in [2.75, 3.05) is 31.1 Å². The number of rotatable bonds is 3. The van der Waals surface area contributed by atoms with E-state index in [0.29, 0.717) is 13.1 Å². The number of anilines is 1. The normalized spacial score (nSPS) is 19.8. The lowest BCUT2D eigenvalue weighted by Gasteiger charge is -2.47. The fourth-order valence-corrected chi connectivity index (χ4v) is 3.61. The van der Waals surface area contributed by atoms with E-state index >= 15 is 0 Å². The minimum absolute atomic E-state index is 0.0452. The summed E-state index contributed by atoms with van der Waals surface area (Å²) < 4.78 is 6.02. The molecule has 1 spiro atoms. The van der Waals surface area contributed by atoms with Crippen molar-refractivity contribution in [3.05, 3.63) is 48.0 Å². The van der Waals surface area contributed by atoms with Gasteiger partial charge in [-0.1, -0.05) is 6.07 Å². The maximum absolute atomic E-state index is 12.3. The molecule has 0 saturated carbocycles. The zero-order valence-corrected chi connectivity index (χ0v) is 15.0. The van der Waals surface area contributed by atoms with Gasteiger partial charge in [-0.3, -0.25) is 9.78 Å². The molecule has 2 aromatic rings. The van der Waals surface area contributed by atoms with Crippen LogP contribution in [0, 0.1) is 6.92 Å². The van der Waals surface area contributed by atoms with Gasteiger partial charge in [0.15, 0.2) is 0 Å². The third kappa shape index (κ3) is 3.53. The third-order valence-corrected chi connectivity index (χ3v) is 5.15. The Bertz CT molecular complexity index is 757. The first-order valence-electron chi connectivity index (χ1n) is 8.98. The Hall–Kier alpha value is -2.54. The summed E-state index contributed by atoms with van der Waals surface area (Å²) in [7, 11) is 0. The van der Waals surface area contributed by atoms with Crippen LogP contribution < -0.4 is 4.90 Å². The highest BCUT2D eigenvalue weighted by Gasteiger charge is 2.42. The second-order valence-corrected chi connectivity index (χ2v) is 7.13. The van der Waals surface area contributed by atoms with Crippen molar-refractivity contribution in [2.45, 2.75) is 31.9 Å². The number of amides is 1. The van der Waals surface area contributed by atoms with Crippen molar-refractivity contribution in [2.24, 2.45) is 0 Å². The molecule has 0 radical (unpaired) electrons. The molecule has 7 nitrogen and oxygen atoms in total. The van der Waals surface area contributed by atoms with E-state index in [2.05, 4.69) is 19.9 Å². The van der Waals surface area contributed by atoms with Crippen LogP contribution in [-0.2, 0) is 16.1 Å². The monoisotopic (exact) mass is 353 g/mol. The summed E-state index contributed by atoms with van der Waals surface area (Å²) in [5, 5.41) is 0. The summed E-state index contributed by atoms with van der Waals surface area (Å²) in [5.74, 6) is 0.813. The highest BCUT2D eigenvalue weighted by atomic mass is 16.5. The number of aromatic nitrogens is 3. The molecule has 1 amide bonds. The molecule has 26 heavy (non-hydrogen) atoms. The van der Waals surface area contributed by atoms with Crippen LogP contribution in [0.2, 0.25) is 0 Å². The summed E-state index contributed by atoms with van der Waals surface area (Å²) in [6, 6.07) is 3.90. The van der Waals surface area contributed by atoms with Crippen molar-refractivity contribution in [1.29, 1.82) is 0 Å². The maximum atomic E-state index is 12.3. The molecular weight excluding hydrogens is 330 g/mol. The number of ether oxygens (including phenoxy) is 1. The topological polar surface area (TPSA) is 71.5 Å². The number of nitrogens with zero attached hydrogens (tertiary/aromatic N) is 5. The van der Waals surface area contributed by atoms with E-state index in [1.54, 1.807) is 6.20 Å². The second-order valence-electron chi connectivity index (χ2n) is 7.13. The Morgan fingerprint density at radius 2 is 1.96 bits per heavy atom. The lowest BCUT2D eigenvalue weighted by Crippen LogP contribution is -2.58. The maximum Gasteiger partial charge on any atom is 0.248 e. The number of hydrogen-bond acceptors (Lipinski definition) is 6. The summed E-state index contributed by atoms with van der Waals surface area (Å²) >= 11 is 0. The third-order valence-electron chi connectivity index (χ3n) is 5.15. The Labute approximate surface area is 153 Å². The lowest BCUT2D eigenvalue weighted by atomic mass is 9.89. The fraction of sp³-hybridized carbons (Fsp3) is 0.474. The van der Waals surface area contributed by atoms with Gasteiger partial charge in [0, 0.05) is 44.4 Å². The first kappa shape index (κ1) is 16.9. The Balaban J connectivity index is 1.41. The van der Waals surface area contributed by atoms with Crippen LogP contribution in [0.25, 0.3) is 0 Å². The van der Waals surface area contributed by atoms with Gasteiger partial charge < -0.3 is 14.5 Å². The van der Waals surface area contributed by atoms with Crippen LogP contribution in [0.5, 0.6) is 0 Å². The number of aryl methyl sites for hydroxylation is 1.